The molecule has 0 aliphatic rings. The van der Waals surface area contributed by atoms with Gasteiger partial charge in [-0.3, -0.25) is 15.6 Å². The Hall–Kier alpha value is -1.66. The average molecular weight is 267 g/mol. The normalized spacial score (nSPS) is 9.61. The molecule has 1 amide bonds. The van der Waals surface area contributed by atoms with E-state index in [0.717, 1.165) is 5.56 Å². The van der Waals surface area contributed by atoms with Gasteiger partial charge in [-0.1, -0.05) is 30.3 Å². The minimum absolute atomic E-state index is 0.142. The van der Waals surface area contributed by atoms with Gasteiger partial charge in [0.2, 0.25) is 5.91 Å². The van der Waals surface area contributed by atoms with Crippen LogP contribution in [-0.2, 0) is 16.0 Å². The second-order valence-electron chi connectivity index (χ2n) is 3.58. The van der Waals surface area contributed by atoms with E-state index in [-0.39, 0.29) is 5.91 Å². The fourth-order valence-electron chi connectivity index (χ4n) is 1.26. The Bertz CT molecular complexity index is 384. The van der Waals surface area contributed by atoms with Crippen LogP contribution in [0.4, 0.5) is 0 Å². The van der Waals surface area contributed by atoms with Gasteiger partial charge in [0.25, 0.3) is 0 Å². The number of nitrogens with one attached hydrogen (secondary N) is 3. The highest BCUT2D eigenvalue weighted by Crippen LogP contribution is 1.98. The lowest BCUT2D eigenvalue weighted by Crippen LogP contribution is -2.47. The van der Waals surface area contributed by atoms with Gasteiger partial charge in [-0.15, -0.1) is 0 Å². The summed E-state index contributed by atoms with van der Waals surface area (Å²) in [5.41, 5.74) is 6.10. The van der Waals surface area contributed by atoms with Gasteiger partial charge in [0.05, 0.1) is 13.0 Å². The molecule has 1 rings (SSSR count). The zero-order chi connectivity index (χ0) is 13.2. The molecule has 6 heteroatoms. The van der Waals surface area contributed by atoms with Crippen molar-refractivity contribution in [2.75, 3.05) is 20.3 Å². The van der Waals surface area contributed by atoms with Crippen molar-refractivity contribution in [2.24, 2.45) is 0 Å². The van der Waals surface area contributed by atoms with E-state index in [1.807, 2.05) is 30.3 Å². The van der Waals surface area contributed by atoms with Crippen LogP contribution in [0.5, 0.6) is 0 Å². The quantitative estimate of drug-likeness (QED) is 0.409. The minimum Gasteiger partial charge on any atom is -0.383 e. The largest absolute Gasteiger partial charge is 0.383 e. The van der Waals surface area contributed by atoms with Crippen molar-refractivity contribution in [1.82, 2.24) is 16.2 Å². The number of carbonyl (C=O) groups excluding carboxylic acids is 1. The topological polar surface area (TPSA) is 62.4 Å². The van der Waals surface area contributed by atoms with Crippen molar-refractivity contribution in [1.29, 1.82) is 0 Å². The van der Waals surface area contributed by atoms with E-state index in [0.29, 0.717) is 24.7 Å². The standard InChI is InChI=1S/C12H17N3O2S/c1-17-8-7-13-12(18)15-14-11(16)9-10-5-3-2-4-6-10/h2-6H,7-9H2,1H3,(H,14,16)(H2,13,15,18). The molecular formula is C12H17N3O2S. The van der Waals surface area contributed by atoms with E-state index in [9.17, 15) is 4.79 Å². The predicted molar refractivity (Wildman–Crippen MR) is 73.9 cm³/mol. The van der Waals surface area contributed by atoms with Crippen LogP contribution in [0.25, 0.3) is 0 Å². The first kappa shape index (κ1) is 14.4. The Labute approximate surface area is 112 Å². The highest BCUT2D eigenvalue weighted by molar-refractivity contribution is 7.80. The van der Waals surface area contributed by atoms with Gasteiger partial charge in [0.1, 0.15) is 0 Å². The number of hydrogen-bond donors (Lipinski definition) is 3. The van der Waals surface area contributed by atoms with Crippen LogP contribution in [0.3, 0.4) is 0 Å². The van der Waals surface area contributed by atoms with Crippen LogP contribution in [0.2, 0.25) is 0 Å². The predicted octanol–water partition coefficient (Wildman–Crippen LogP) is 0.371. The maximum atomic E-state index is 11.6. The number of benzene rings is 1. The third kappa shape index (κ3) is 6.17. The maximum Gasteiger partial charge on any atom is 0.242 e. The van der Waals surface area contributed by atoms with Crippen molar-refractivity contribution >= 4 is 23.2 Å². The third-order valence-electron chi connectivity index (χ3n) is 2.11. The van der Waals surface area contributed by atoms with Gasteiger partial charge in [0.15, 0.2) is 5.11 Å². The van der Waals surface area contributed by atoms with Gasteiger partial charge in [-0.2, -0.15) is 0 Å². The summed E-state index contributed by atoms with van der Waals surface area (Å²) in [6, 6.07) is 9.50. The molecule has 0 saturated heterocycles. The van der Waals surface area contributed by atoms with Crippen LogP contribution < -0.4 is 16.2 Å². The maximum absolute atomic E-state index is 11.6. The molecular weight excluding hydrogens is 250 g/mol. The third-order valence-corrected chi connectivity index (χ3v) is 2.36. The number of thiocarbonyl (C=S) groups is 1. The Balaban J connectivity index is 2.19. The Morgan fingerprint density at radius 1 is 1.28 bits per heavy atom. The fraction of sp³-hybridized carbons (Fsp3) is 0.333. The summed E-state index contributed by atoms with van der Waals surface area (Å²) in [4.78, 5) is 11.6. The van der Waals surface area contributed by atoms with E-state index < -0.39 is 0 Å². The molecule has 0 bridgehead atoms. The second kappa shape index (κ2) is 8.43. The van der Waals surface area contributed by atoms with Crippen LogP contribution in [0, 0.1) is 0 Å². The van der Waals surface area contributed by atoms with Gasteiger partial charge in [-0.05, 0) is 17.8 Å². The molecule has 18 heavy (non-hydrogen) atoms. The van der Waals surface area contributed by atoms with Crippen LogP contribution >= 0.6 is 12.2 Å². The van der Waals surface area contributed by atoms with Gasteiger partial charge >= 0.3 is 0 Å². The zero-order valence-corrected chi connectivity index (χ0v) is 11.0. The fourth-order valence-corrected chi connectivity index (χ4v) is 1.42. The lowest BCUT2D eigenvalue weighted by Gasteiger charge is -2.11. The molecule has 98 valence electrons. The summed E-state index contributed by atoms with van der Waals surface area (Å²) >= 11 is 4.96. The molecule has 1 aromatic carbocycles. The van der Waals surface area contributed by atoms with Crippen LogP contribution in [-0.4, -0.2) is 31.3 Å². The summed E-state index contributed by atoms with van der Waals surface area (Å²) in [7, 11) is 1.61. The highest BCUT2D eigenvalue weighted by atomic mass is 32.1. The lowest BCUT2D eigenvalue weighted by atomic mass is 10.1. The minimum atomic E-state index is -0.142. The number of methoxy groups -OCH3 is 1. The van der Waals surface area contributed by atoms with Gasteiger partial charge in [-0.25, -0.2) is 0 Å². The van der Waals surface area contributed by atoms with Gasteiger partial charge < -0.3 is 10.1 Å². The molecule has 0 heterocycles. The Morgan fingerprint density at radius 2 is 2.00 bits per heavy atom. The van der Waals surface area contributed by atoms with Crippen LogP contribution in [0.1, 0.15) is 5.56 Å². The zero-order valence-electron chi connectivity index (χ0n) is 10.2. The number of amides is 1. The van der Waals surface area contributed by atoms with E-state index >= 15 is 0 Å². The number of ether oxygens (including phenoxy) is 1. The molecule has 0 spiro atoms. The number of hydrazine groups is 1. The van der Waals surface area contributed by atoms with Crippen molar-refractivity contribution in [2.45, 2.75) is 6.42 Å². The lowest BCUT2D eigenvalue weighted by molar-refractivity contribution is -0.121. The summed E-state index contributed by atoms with van der Waals surface area (Å²) in [5, 5.41) is 3.25. The van der Waals surface area contributed by atoms with Crippen molar-refractivity contribution < 1.29 is 9.53 Å². The summed E-state index contributed by atoms with van der Waals surface area (Å²) in [6.07, 6.45) is 0.314. The smallest absolute Gasteiger partial charge is 0.242 e. The number of hydrogen-bond acceptors (Lipinski definition) is 3. The monoisotopic (exact) mass is 267 g/mol. The van der Waals surface area contributed by atoms with E-state index in [4.69, 9.17) is 17.0 Å². The first-order valence-electron chi connectivity index (χ1n) is 5.58. The summed E-state index contributed by atoms with van der Waals surface area (Å²) in [6.45, 7) is 1.15. The number of rotatable bonds is 5. The molecule has 0 aromatic heterocycles. The number of carbonyl (C=O) groups is 1. The van der Waals surface area contributed by atoms with Crippen molar-refractivity contribution in [3.05, 3.63) is 35.9 Å². The second-order valence-corrected chi connectivity index (χ2v) is 3.99. The molecule has 0 aliphatic carbocycles. The molecule has 0 radical (unpaired) electrons. The van der Waals surface area contributed by atoms with E-state index in [2.05, 4.69) is 16.2 Å². The highest BCUT2D eigenvalue weighted by Gasteiger charge is 2.02. The molecule has 0 unspecified atom stereocenters. The van der Waals surface area contributed by atoms with Gasteiger partial charge in [0, 0.05) is 13.7 Å². The SMILES string of the molecule is COCCNC(=S)NNC(=O)Cc1ccccc1. The molecule has 0 saturated carbocycles. The van der Waals surface area contributed by atoms with Crippen molar-refractivity contribution in [3.63, 3.8) is 0 Å². The van der Waals surface area contributed by atoms with E-state index in [1.165, 1.54) is 0 Å². The molecule has 1 aromatic rings. The first-order chi connectivity index (χ1) is 8.72. The summed E-state index contributed by atoms with van der Waals surface area (Å²) in [5.74, 6) is -0.142. The Morgan fingerprint density at radius 3 is 2.67 bits per heavy atom. The average Bonchev–Trinajstić information content (AvgIpc) is 2.38. The molecule has 3 N–H and O–H groups in total. The molecule has 0 atom stereocenters. The van der Waals surface area contributed by atoms with E-state index in [1.54, 1.807) is 7.11 Å². The van der Waals surface area contributed by atoms with Crippen molar-refractivity contribution in [3.8, 4) is 0 Å². The molecule has 0 aliphatic heterocycles. The first-order valence-corrected chi connectivity index (χ1v) is 5.98. The molecule has 5 nitrogen and oxygen atoms in total. The molecule has 0 fully saturated rings. The van der Waals surface area contributed by atoms with Crippen LogP contribution in [0.15, 0.2) is 30.3 Å². The Kier molecular flexibility index (Phi) is 6.75. The summed E-state index contributed by atoms with van der Waals surface area (Å²) < 4.78 is 4.86.